The Kier molecular flexibility index (Phi) is 6.51. The molecule has 3 rings (SSSR count). The van der Waals surface area contributed by atoms with Crippen molar-refractivity contribution in [3.05, 3.63) is 58.1 Å². The summed E-state index contributed by atoms with van der Waals surface area (Å²) in [5, 5.41) is 3.98. The van der Waals surface area contributed by atoms with Crippen molar-refractivity contribution in [2.24, 2.45) is 0 Å². The molecule has 0 aliphatic carbocycles. The first-order valence-corrected chi connectivity index (χ1v) is 10.1. The molecule has 30 heavy (non-hydrogen) atoms. The Hall–Kier alpha value is -3.20. The highest BCUT2D eigenvalue weighted by atomic mass is 79.9. The van der Waals surface area contributed by atoms with Crippen LogP contribution in [0.5, 0.6) is 0 Å². The smallest absolute Gasteiger partial charge is 0.254 e. The molecule has 9 heteroatoms. The van der Waals surface area contributed by atoms with E-state index in [9.17, 15) is 19.2 Å². The second-order valence-corrected chi connectivity index (χ2v) is 7.90. The van der Waals surface area contributed by atoms with E-state index in [1.54, 1.807) is 37.4 Å². The van der Waals surface area contributed by atoms with Crippen molar-refractivity contribution < 1.29 is 19.2 Å². The summed E-state index contributed by atoms with van der Waals surface area (Å²) in [6, 6.07) is 11.8. The van der Waals surface area contributed by atoms with E-state index in [0.717, 1.165) is 10.0 Å². The van der Waals surface area contributed by atoms with E-state index in [1.165, 1.54) is 9.91 Å². The van der Waals surface area contributed by atoms with Crippen LogP contribution in [0.1, 0.15) is 28.8 Å². The largest absolute Gasteiger partial charge is 0.332 e. The highest BCUT2D eigenvalue weighted by molar-refractivity contribution is 9.10. The standard InChI is InChI=1S/C21H21BrN4O4/c1-13-11-15(22)5-8-17(13)23-19(28)12-25(2)21(30)14-3-6-16(7-4-14)26-20(29)10-9-18(27)24-26/h3-8,11H,9-10,12H2,1-2H3,(H,23,28)(H,24,27). The second kappa shape index (κ2) is 9.08. The molecule has 2 aromatic carbocycles. The molecule has 1 saturated heterocycles. The molecule has 0 atom stereocenters. The fourth-order valence-corrected chi connectivity index (χ4v) is 3.48. The third-order valence-corrected chi connectivity index (χ3v) is 5.11. The summed E-state index contributed by atoms with van der Waals surface area (Å²) in [6.07, 6.45) is 0.306. The van der Waals surface area contributed by atoms with Crippen molar-refractivity contribution in [2.75, 3.05) is 23.9 Å². The molecule has 0 bridgehead atoms. The molecule has 1 aliphatic heterocycles. The number of aryl methyl sites for hydroxylation is 1. The quantitative estimate of drug-likeness (QED) is 0.698. The predicted octanol–water partition coefficient (Wildman–Crippen LogP) is 2.63. The van der Waals surface area contributed by atoms with Crippen molar-refractivity contribution in [2.45, 2.75) is 19.8 Å². The average Bonchev–Trinajstić information content (AvgIpc) is 2.71. The van der Waals surface area contributed by atoms with Crippen molar-refractivity contribution in [1.29, 1.82) is 0 Å². The molecule has 0 spiro atoms. The van der Waals surface area contributed by atoms with Crippen molar-refractivity contribution >= 4 is 50.9 Å². The zero-order valence-corrected chi connectivity index (χ0v) is 18.2. The van der Waals surface area contributed by atoms with Crippen LogP contribution in [0.4, 0.5) is 11.4 Å². The van der Waals surface area contributed by atoms with Gasteiger partial charge < -0.3 is 10.2 Å². The summed E-state index contributed by atoms with van der Waals surface area (Å²) in [4.78, 5) is 49.8. The number of likely N-dealkylation sites (N-methyl/N-ethyl adjacent to an activating group) is 1. The van der Waals surface area contributed by atoms with Crippen molar-refractivity contribution in [3.8, 4) is 0 Å². The van der Waals surface area contributed by atoms with Crippen LogP contribution >= 0.6 is 15.9 Å². The van der Waals surface area contributed by atoms with Crippen LogP contribution in [0.2, 0.25) is 0 Å². The maximum Gasteiger partial charge on any atom is 0.254 e. The minimum Gasteiger partial charge on any atom is -0.332 e. The van der Waals surface area contributed by atoms with Gasteiger partial charge in [-0.25, -0.2) is 5.01 Å². The zero-order valence-electron chi connectivity index (χ0n) is 16.6. The Morgan fingerprint density at radius 2 is 1.83 bits per heavy atom. The summed E-state index contributed by atoms with van der Waals surface area (Å²) < 4.78 is 0.916. The Labute approximate surface area is 182 Å². The lowest BCUT2D eigenvalue weighted by molar-refractivity contribution is -0.130. The van der Waals surface area contributed by atoms with Crippen LogP contribution in [0.3, 0.4) is 0 Å². The highest BCUT2D eigenvalue weighted by Gasteiger charge is 2.24. The lowest BCUT2D eigenvalue weighted by atomic mass is 10.1. The van der Waals surface area contributed by atoms with Crippen molar-refractivity contribution in [3.63, 3.8) is 0 Å². The Morgan fingerprint density at radius 1 is 1.13 bits per heavy atom. The van der Waals surface area contributed by atoms with E-state index in [-0.39, 0.29) is 43.0 Å². The first kappa shape index (κ1) is 21.5. The lowest BCUT2D eigenvalue weighted by Crippen LogP contribution is -2.50. The number of halogens is 1. The third kappa shape index (κ3) is 5.04. The maximum atomic E-state index is 12.6. The number of amides is 4. The van der Waals surface area contributed by atoms with Gasteiger partial charge in [0, 0.05) is 35.6 Å². The molecular formula is C21H21BrN4O4. The first-order chi connectivity index (χ1) is 14.2. The number of nitrogens with one attached hydrogen (secondary N) is 2. The van der Waals surface area contributed by atoms with Gasteiger partial charge in [-0.1, -0.05) is 15.9 Å². The number of hydrazine groups is 1. The number of hydrogen-bond donors (Lipinski definition) is 2. The fraction of sp³-hybridized carbons (Fsp3) is 0.238. The van der Waals surface area contributed by atoms with E-state index < -0.39 is 0 Å². The van der Waals surface area contributed by atoms with Gasteiger partial charge in [0.1, 0.15) is 0 Å². The van der Waals surface area contributed by atoms with Crippen LogP contribution in [0.15, 0.2) is 46.9 Å². The van der Waals surface area contributed by atoms with E-state index in [2.05, 4.69) is 26.7 Å². The Morgan fingerprint density at radius 3 is 2.50 bits per heavy atom. The summed E-state index contributed by atoms with van der Waals surface area (Å²) >= 11 is 3.38. The zero-order chi connectivity index (χ0) is 21.8. The van der Waals surface area contributed by atoms with Gasteiger partial charge in [0.05, 0.1) is 12.2 Å². The Bertz CT molecular complexity index is 1010. The van der Waals surface area contributed by atoms with Gasteiger partial charge >= 0.3 is 0 Å². The fourth-order valence-electron chi connectivity index (χ4n) is 3.00. The average molecular weight is 473 g/mol. The molecule has 8 nitrogen and oxygen atoms in total. The van der Waals surface area contributed by atoms with Crippen LogP contribution in [-0.2, 0) is 14.4 Å². The number of carbonyl (C=O) groups is 4. The van der Waals surface area contributed by atoms with Gasteiger partial charge in [-0.15, -0.1) is 0 Å². The van der Waals surface area contributed by atoms with Crippen LogP contribution in [0, 0.1) is 6.92 Å². The molecule has 1 aliphatic rings. The molecular weight excluding hydrogens is 452 g/mol. The van der Waals surface area contributed by atoms with Gasteiger partial charge in [0.25, 0.3) is 5.91 Å². The highest BCUT2D eigenvalue weighted by Crippen LogP contribution is 2.20. The molecule has 2 N–H and O–H groups in total. The third-order valence-electron chi connectivity index (χ3n) is 4.61. The molecule has 4 amide bonds. The number of benzene rings is 2. The first-order valence-electron chi connectivity index (χ1n) is 9.28. The number of rotatable bonds is 5. The number of anilines is 2. The molecule has 1 fully saturated rings. The van der Waals surface area contributed by atoms with Crippen LogP contribution < -0.4 is 15.8 Å². The molecule has 156 valence electrons. The van der Waals surface area contributed by atoms with Crippen LogP contribution in [0.25, 0.3) is 0 Å². The van der Waals surface area contributed by atoms with Gasteiger partial charge in [0.2, 0.25) is 17.7 Å². The normalized spacial score (nSPS) is 13.6. The lowest BCUT2D eigenvalue weighted by Gasteiger charge is -2.27. The molecule has 1 heterocycles. The molecule has 0 saturated carbocycles. The van der Waals surface area contributed by atoms with Gasteiger partial charge in [-0.05, 0) is 55.0 Å². The maximum absolute atomic E-state index is 12.6. The summed E-state index contributed by atoms with van der Waals surface area (Å²) in [5.41, 5.74) is 4.92. The van der Waals surface area contributed by atoms with E-state index in [0.29, 0.717) is 16.9 Å². The van der Waals surface area contributed by atoms with Crippen LogP contribution in [-0.4, -0.2) is 42.1 Å². The number of hydrogen-bond acceptors (Lipinski definition) is 4. The Balaban J connectivity index is 1.62. The summed E-state index contributed by atoms with van der Waals surface area (Å²) in [5.74, 6) is -1.10. The number of carbonyl (C=O) groups excluding carboxylic acids is 4. The SMILES string of the molecule is Cc1cc(Br)ccc1NC(=O)CN(C)C(=O)c1ccc(N2NC(=O)CCC2=O)cc1. The molecule has 0 radical (unpaired) electrons. The minimum atomic E-state index is -0.335. The minimum absolute atomic E-state index is 0.114. The predicted molar refractivity (Wildman–Crippen MR) is 116 cm³/mol. The topological polar surface area (TPSA) is 98.8 Å². The summed E-state index contributed by atoms with van der Waals surface area (Å²) in [7, 11) is 1.54. The molecule has 2 aromatic rings. The van der Waals surface area contributed by atoms with Gasteiger partial charge in [-0.2, -0.15) is 0 Å². The summed E-state index contributed by atoms with van der Waals surface area (Å²) in [6.45, 7) is 1.77. The van der Waals surface area contributed by atoms with E-state index >= 15 is 0 Å². The van der Waals surface area contributed by atoms with Crippen molar-refractivity contribution in [1.82, 2.24) is 10.3 Å². The monoisotopic (exact) mass is 472 g/mol. The number of nitrogens with zero attached hydrogens (tertiary/aromatic N) is 2. The molecule has 0 unspecified atom stereocenters. The van der Waals surface area contributed by atoms with Gasteiger partial charge in [0.15, 0.2) is 0 Å². The van der Waals surface area contributed by atoms with E-state index in [4.69, 9.17) is 0 Å². The van der Waals surface area contributed by atoms with Gasteiger partial charge in [-0.3, -0.25) is 24.6 Å². The molecule has 0 aromatic heterocycles. The van der Waals surface area contributed by atoms with E-state index in [1.807, 2.05) is 19.1 Å². The second-order valence-electron chi connectivity index (χ2n) is 6.98.